The van der Waals surface area contributed by atoms with Crippen molar-refractivity contribution in [2.75, 3.05) is 6.61 Å². The van der Waals surface area contributed by atoms with Gasteiger partial charge in [0, 0.05) is 18.6 Å². The monoisotopic (exact) mass is 336 g/mol. The van der Waals surface area contributed by atoms with Crippen LogP contribution in [0.2, 0.25) is 0 Å². The number of aliphatic hydroxyl groups is 1. The summed E-state index contributed by atoms with van der Waals surface area (Å²) in [6, 6.07) is 18.3. The molecule has 4 atom stereocenters. The largest absolute Gasteiger partial charge is 0.396 e. The van der Waals surface area contributed by atoms with Gasteiger partial charge in [0.15, 0.2) is 0 Å². The summed E-state index contributed by atoms with van der Waals surface area (Å²) in [5.74, 6) is 1.03. The lowest BCUT2D eigenvalue weighted by Gasteiger charge is -2.19. The molecule has 130 valence electrons. The molecule has 2 amide bonds. The molecular weight excluding hydrogens is 312 g/mol. The third kappa shape index (κ3) is 3.27. The molecule has 3 N–H and O–H groups in total. The third-order valence-corrected chi connectivity index (χ3v) is 5.55. The van der Waals surface area contributed by atoms with E-state index in [0.717, 1.165) is 18.4 Å². The molecule has 3 unspecified atom stereocenters. The van der Waals surface area contributed by atoms with Gasteiger partial charge in [-0.3, -0.25) is 0 Å². The van der Waals surface area contributed by atoms with Crippen LogP contribution in [-0.4, -0.2) is 23.8 Å². The van der Waals surface area contributed by atoms with E-state index in [-0.39, 0.29) is 24.7 Å². The summed E-state index contributed by atoms with van der Waals surface area (Å²) in [4.78, 5) is 12.5. The molecule has 0 bridgehead atoms. The van der Waals surface area contributed by atoms with Gasteiger partial charge in [0.1, 0.15) is 0 Å². The number of fused-ring (bicyclic) bond motifs is 3. The number of aryl methyl sites for hydroxylation is 1. The van der Waals surface area contributed by atoms with Crippen molar-refractivity contribution in [3.8, 4) is 0 Å². The lowest BCUT2D eigenvalue weighted by Crippen LogP contribution is -2.40. The molecule has 2 aromatic rings. The quantitative estimate of drug-likeness (QED) is 0.785. The predicted octanol–water partition coefficient (Wildman–Crippen LogP) is 3.14. The van der Waals surface area contributed by atoms with Gasteiger partial charge in [-0.05, 0) is 41.9 Å². The van der Waals surface area contributed by atoms with Crippen LogP contribution in [0.4, 0.5) is 4.79 Å². The molecule has 0 aliphatic heterocycles. The molecule has 2 aromatic carbocycles. The molecule has 0 saturated heterocycles. The number of nitrogens with one attached hydrogen (secondary N) is 2. The highest BCUT2D eigenvalue weighted by Crippen LogP contribution is 2.54. The van der Waals surface area contributed by atoms with Gasteiger partial charge in [-0.15, -0.1) is 0 Å². The summed E-state index contributed by atoms with van der Waals surface area (Å²) in [5.41, 5.74) is 3.85. The molecule has 0 heterocycles. The van der Waals surface area contributed by atoms with Crippen LogP contribution in [0.1, 0.15) is 41.5 Å². The van der Waals surface area contributed by atoms with E-state index in [1.165, 1.54) is 11.1 Å². The highest BCUT2D eigenvalue weighted by Gasteiger charge is 2.53. The zero-order valence-electron chi connectivity index (χ0n) is 14.2. The maximum Gasteiger partial charge on any atom is 0.315 e. The Kier molecular flexibility index (Phi) is 4.45. The Bertz CT molecular complexity index is 747. The van der Waals surface area contributed by atoms with Gasteiger partial charge >= 0.3 is 6.03 Å². The van der Waals surface area contributed by atoms with E-state index < -0.39 is 0 Å². The van der Waals surface area contributed by atoms with Crippen molar-refractivity contribution in [1.82, 2.24) is 10.6 Å². The Hall–Kier alpha value is -2.33. The van der Waals surface area contributed by atoms with Gasteiger partial charge in [0.2, 0.25) is 0 Å². The van der Waals surface area contributed by atoms with Gasteiger partial charge in [-0.1, -0.05) is 54.6 Å². The average molecular weight is 336 g/mol. The number of carbonyl (C=O) groups is 1. The number of carbonyl (C=O) groups excluding carboxylic acids is 1. The first-order valence-corrected chi connectivity index (χ1v) is 9.08. The van der Waals surface area contributed by atoms with Gasteiger partial charge in [-0.25, -0.2) is 4.79 Å². The summed E-state index contributed by atoms with van der Waals surface area (Å²) >= 11 is 0. The molecule has 2 aliphatic rings. The summed E-state index contributed by atoms with van der Waals surface area (Å²) in [6.45, 7) is 0.0435. The number of hydrogen-bond donors (Lipinski definition) is 3. The van der Waals surface area contributed by atoms with Crippen molar-refractivity contribution in [3.63, 3.8) is 0 Å². The van der Waals surface area contributed by atoms with Gasteiger partial charge in [0.05, 0.1) is 6.04 Å². The second-order valence-corrected chi connectivity index (χ2v) is 7.05. The van der Waals surface area contributed by atoms with E-state index in [9.17, 15) is 9.90 Å². The fourth-order valence-electron chi connectivity index (χ4n) is 4.25. The second-order valence-electron chi connectivity index (χ2n) is 7.05. The fourth-order valence-corrected chi connectivity index (χ4v) is 4.25. The lowest BCUT2D eigenvalue weighted by atomic mass is 9.92. The minimum atomic E-state index is -0.167. The average Bonchev–Trinajstić information content (AvgIpc) is 3.35. The van der Waals surface area contributed by atoms with E-state index in [4.69, 9.17) is 0 Å². The van der Waals surface area contributed by atoms with Crippen LogP contribution < -0.4 is 10.6 Å². The van der Waals surface area contributed by atoms with E-state index in [1.807, 2.05) is 30.3 Å². The van der Waals surface area contributed by atoms with Crippen molar-refractivity contribution in [1.29, 1.82) is 0 Å². The standard InChI is InChI=1S/C21H24N2O2/c24-13-12-18(15-7-2-1-3-8-15)22-21(25)23-20-17-11-10-14-6-4-5-9-16(14)19(17)20/h1-9,17-20,24H,10-13H2,(H2,22,23,25)/t17?,18-,19?,20?/m1/s1. The number of hydrogen-bond acceptors (Lipinski definition) is 2. The normalized spacial score (nSPS) is 24.6. The van der Waals surface area contributed by atoms with Crippen LogP contribution in [0, 0.1) is 5.92 Å². The topological polar surface area (TPSA) is 61.4 Å². The molecule has 0 aromatic heterocycles. The van der Waals surface area contributed by atoms with Crippen molar-refractivity contribution < 1.29 is 9.90 Å². The van der Waals surface area contributed by atoms with Crippen molar-refractivity contribution in [3.05, 3.63) is 71.3 Å². The van der Waals surface area contributed by atoms with Crippen LogP contribution in [0.15, 0.2) is 54.6 Å². The molecule has 4 rings (SSSR count). The number of aliphatic hydroxyl groups excluding tert-OH is 1. The highest BCUT2D eigenvalue weighted by atomic mass is 16.3. The maximum atomic E-state index is 12.5. The van der Waals surface area contributed by atoms with Crippen LogP contribution in [0.5, 0.6) is 0 Å². The molecule has 1 fully saturated rings. The molecule has 4 nitrogen and oxygen atoms in total. The van der Waals surface area contributed by atoms with Gasteiger partial charge < -0.3 is 15.7 Å². The van der Waals surface area contributed by atoms with E-state index in [0.29, 0.717) is 18.3 Å². The SMILES string of the molecule is O=C(NC1C2CCc3ccccc3C21)N[C@H](CCO)c1ccccc1. The van der Waals surface area contributed by atoms with Crippen molar-refractivity contribution >= 4 is 6.03 Å². The van der Waals surface area contributed by atoms with Crippen LogP contribution in [0.25, 0.3) is 0 Å². The van der Waals surface area contributed by atoms with Crippen LogP contribution >= 0.6 is 0 Å². The molecular formula is C21H24N2O2. The smallest absolute Gasteiger partial charge is 0.315 e. The number of urea groups is 1. The molecule has 4 heteroatoms. The lowest BCUT2D eigenvalue weighted by molar-refractivity contribution is 0.228. The predicted molar refractivity (Wildman–Crippen MR) is 97.3 cm³/mol. The Labute approximate surface area is 148 Å². The highest BCUT2D eigenvalue weighted by molar-refractivity contribution is 5.75. The number of benzene rings is 2. The Morgan fingerprint density at radius 2 is 1.88 bits per heavy atom. The van der Waals surface area contributed by atoms with E-state index in [1.54, 1.807) is 0 Å². The van der Waals surface area contributed by atoms with Gasteiger partial charge in [0.25, 0.3) is 0 Å². The van der Waals surface area contributed by atoms with Crippen LogP contribution in [0.3, 0.4) is 0 Å². The molecule has 1 saturated carbocycles. The summed E-state index contributed by atoms with van der Waals surface area (Å²) < 4.78 is 0. The molecule has 0 spiro atoms. The van der Waals surface area contributed by atoms with Crippen molar-refractivity contribution in [2.24, 2.45) is 5.92 Å². The number of rotatable bonds is 5. The summed E-state index contributed by atoms with van der Waals surface area (Å²) in [6.07, 6.45) is 2.76. The van der Waals surface area contributed by atoms with E-state index >= 15 is 0 Å². The summed E-state index contributed by atoms with van der Waals surface area (Å²) in [7, 11) is 0. The fraction of sp³-hybridized carbons (Fsp3) is 0.381. The molecule has 0 radical (unpaired) electrons. The zero-order chi connectivity index (χ0) is 17.2. The minimum Gasteiger partial charge on any atom is -0.396 e. The van der Waals surface area contributed by atoms with Crippen LogP contribution in [-0.2, 0) is 6.42 Å². The van der Waals surface area contributed by atoms with E-state index in [2.05, 4.69) is 34.9 Å². The van der Waals surface area contributed by atoms with Gasteiger partial charge in [-0.2, -0.15) is 0 Å². The first-order valence-electron chi connectivity index (χ1n) is 9.08. The maximum absolute atomic E-state index is 12.5. The first kappa shape index (κ1) is 16.2. The Balaban J connectivity index is 1.40. The first-order chi connectivity index (χ1) is 12.3. The van der Waals surface area contributed by atoms with Crippen molar-refractivity contribution in [2.45, 2.75) is 37.3 Å². The second kappa shape index (κ2) is 6.89. The Morgan fingerprint density at radius 1 is 1.12 bits per heavy atom. The number of amides is 2. The third-order valence-electron chi connectivity index (χ3n) is 5.55. The minimum absolute atomic E-state index is 0.0435. The molecule has 25 heavy (non-hydrogen) atoms. The Morgan fingerprint density at radius 3 is 2.68 bits per heavy atom. The summed E-state index contributed by atoms with van der Waals surface area (Å²) in [5, 5.41) is 15.5. The molecule has 2 aliphatic carbocycles. The zero-order valence-corrected chi connectivity index (χ0v) is 14.2.